The van der Waals surface area contributed by atoms with Crippen molar-refractivity contribution in [2.75, 3.05) is 0 Å². The molecule has 0 aromatic heterocycles. The highest BCUT2D eigenvalue weighted by molar-refractivity contribution is 5.70. The molecule has 1 fully saturated rings. The molecule has 204 valence electrons. The first-order valence-corrected chi connectivity index (χ1v) is 14.2. The highest BCUT2D eigenvalue weighted by atomic mass is 16.6. The number of rotatable bonds is 10. The largest absolute Gasteiger partial charge is 0.458 e. The van der Waals surface area contributed by atoms with Crippen LogP contribution in [0.15, 0.2) is 36.0 Å². The van der Waals surface area contributed by atoms with Gasteiger partial charge in [0.2, 0.25) is 0 Å². The van der Waals surface area contributed by atoms with Crippen LogP contribution in [-0.4, -0.2) is 36.4 Å². The molecule has 0 N–H and O–H groups in total. The van der Waals surface area contributed by atoms with E-state index in [2.05, 4.69) is 52.8 Å². The number of ether oxygens (including phenoxy) is 3. The Morgan fingerprint density at radius 3 is 2.67 bits per heavy atom. The molecule has 0 aromatic rings. The molecular formula is C31H50O5. The van der Waals surface area contributed by atoms with Crippen LogP contribution in [0.2, 0.25) is 0 Å². The van der Waals surface area contributed by atoms with Gasteiger partial charge in [-0.05, 0) is 62.5 Å². The lowest BCUT2D eigenvalue weighted by Crippen LogP contribution is -2.34. The van der Waals surface area contributed by atoms with E-state index >= 15 is 0 Å². The second-order valence-corrected chi connectivity index (χ2v) is 11.4. The zero-order valence-corrected chi connectivity index (χ0v) is 23.8. The Morgan fingerprint density at radius 1 is 1.22 bits per heavy atom. The fraction of sp³-hybridized carbons (Fsp3) is 0.742. The maximum atomic E-state index is 12.6. The van der Waals surface area contributed by atoms with Crippen molar-refractivity contribution in [1.82, 2.24) is 0 Å². The Hall–Kier alpha value is -1.88. The van der Waals surface area contributed by atoms with E-state index in [1.54, 1.807) is 0 Å². The van der Waals surface area contributed by atoms with Crippen molar-refractivity contribution < 1.29 is 23.8 Å². The molecule has 2 aliphatic heterocycles. The third-order valence-corrected chi connectivity index (χ3v) is 7.35. The Morgan fingerprint density at radius 2 is 1.97 bits per heavy atom. The van der Waals surface area contributed by atoms with Crippen molar-refractivity contribution in [3.63, 3.8) is 0 Å². The predicted molar refractivity (Wildman–Crippen MR) is 145 cm³/mol. The van der Waals surface area contributed by atoms with Crippen LogP contribution in [0.5, 0.6) is 0 Å². The van der Waals surface area contributed by atoms with Crippen molar-refractivity contribution in [3.05, 3.63) is 36.0 Å². The number of epoxide rings is 1. The molecule has 2 heterocycles. The first-order valence-electron chi connectivity index (χ1n) is 14.2. The minimum atomic E-state index is -0.448. The fourth-order valence-corrected chi connectivity index (χ4v) is 5.10. The standard InChI is InChI=1S/C31H50O5/c1-8-14-23(4)29-26(35-29)21-22(3)15-13-16-24(5)30-31(6,7)20-19-25(34-27(32)9-2)17-11-10-12-18-28(33)36-30/h13,15-16,19-20,22-23,25-26,29-30H,8-12,14,17-18,21H2,1-7H3/b15-13+,20-19+,24-16+. The van der Waals surface area contributed by atoms with Crippen LogP contribution < -0.4 is 0 Å². The summed E-state index contributed by atoms with van der Waals surface area (Å²) in [5.74, 6) is 0.711. The summed E-state index contributed by atoms with van der Waals surface area (Å²) in [6.07, 6.45) is 18.2. The third-order valence-electron chi connectivity index (χ3n) is 7.35. The Bertz CT molecular complexity index is 793. The molecule has 0 bridgehead atoms. The number of hydrogen-bond donors (Lipinski definition) is 0. The summed E-state index contributed by atoms with van der Waals surface area (Å²) in [6.45, 7) is 14.7. The van der Waals surface area contributed by atoms with Gasteiger partial charge in [-0.2, -0.15) is 0 Å². The summed E-state index contributed by atoms with van der Waals surface area (Å²) in [5, 5.41) is 0. The molecule has 6 atom stereocenters. The number of hydrogen-bond acceptors (Lipinski definition) is 5. The monoisotopic (exact) mass is 502 g/mol. The SMILES string of the molecule is CCCC(C)C1OC1CC(C)/C=C/C=C(\C)C1OC(=O)CCCCCC(OC(=O)CC)/C=C/C1(C)C. The van der Waals surface area contributed by atoms with Crippen LogP contribution in [0.1, 0.15) is 106 Å². The Kier molecular flexibility index (Phi) is 12.4. The molecule has 0 amide bonds. The molecule has 0 aliphatic carbocycles. The summed E-state index contributed by atoms with van der Waals surface area (Å²) in [7, 11) is 0. The lowest BCUT2D eigenvalue weighted by molar-refractivity contribution is -0.151. The molecular weight excluding hydrogens is 452 g/mol. The average molecular weight is 503 g/mol. The normalized spacial score (nSPS) is 30.0. The maximum Gasteiger partial charge on any atom is 0.306 e. The topological polar surface area (TPSA) is 65.1 Å². The smallest absolute Gasteiger partial charge is 0.306 e. The van der Waals surface area contributed by atoms with E-state index in [1.165, 1.54) is 12.8 Å². The molecule has 2 aliphatic rings. The van der Waals surface area contributed by atoms with E-state index in [9.17, 15) is 9.59 Å². The highest BCUT2D eigenvalue weighted by Gasteiger charge is 2.42. The van der Waals surface area contributed by atoms with Crippen LogP contribution in [0.4, 0.5) is 0 Å². The van der Waals surface area contributed by atoms with Crippen LogP contribution in [0.25, 0.3) is 0 Å². The summed E-state index contributed by atoms with van der Waals surface area (Å²) < 4.78 is 17.6. The molecule has 5 nitrogen and oxygen atoms in total. The van der Waals surface area contributed by atoms with Gasteiger partial charge in [0, 0.05) is 18.3 Å². The lowest BCUT2D eigenvalue weighted by Gasteiger charge is -2.33. The first kappa shape index (κ1) is 30.3. The second kappa shape index (κ2) is 14.8. The molecule has 0 radical (unpaired) electrons. The zero-order valence-electron chi connectivity index (χ0n) is 23.8. The summed E-state index contributed by atoms with van der Waals surface area (Å²) >= 11 is 0. The molecule has 2 rings (SSSR count). The average Bonchev–Trinajstić information content (AvgIpc) is 3.58. The van der Waals surface area contributed by atoms with E-state index in [0.717, 1.165) is 37.7 Å². The van der Waals surface area contributed by atoms with Crippen molar-refractivity contribution in [1.29, 1.82) is 0 Å². The Balaban J connectivity index is 2.08. The molecule has 5 heteroatoms. The lowest BCUT2D eigenvalue weighted by atomic mass is 9.81. The van der Waals surface area contributed by atoms with E-state index in [4.69, 9.17) is 14.2 Å². The second-order valence-electron chi connectivity index (χ2n) is 11.4. The van der Waals surface area contributed by atoms with Gasteiger partial charge in [-0.25, -0.2) is 0 Å². The van der Waals surface area contributed by atoms with Gasteiger partial charge in [0.1, 0.15) is 12.2 Å². The van der Waals surface area contributed by atoms with E-state index in [0.29, 0.717) is 36.9 Å². The summed E-state index contributed by atoms with van der Waals surface area (Å²) in [5.41, 5.74) is 0.550. The van der Waals surface area contributed by atoms with Gasteiger partial charge >= 0.3 is 11.9 Å². The number of carbonyl (C=O) groups is 2. The van der Waals surface area contributed by atoms with Crippen LogP contribution in [0, 0.1) is 17.3 Å². The third kappa shape index (κ3) is 10.2. The highest BCUT2D eigenvalue weighted by Crippen LogP contribution is 2.36. The van der Waals surface area contributed by atoms with Gasteiger partial charge < -0.3 is 14.2 Å². The van der Waals surface area contributed by atoms with Crippen molar-refractivity contribution in [3.8, 4) is 0 Å². The Labute approximate surface area is 219 Å². The minimum absolute atomic E-state index is 0.153. The van der Waals surface area contributed by atoms with Crippen molar-refractivity contribution in [2.45, 2.75) is 131 Å². The van der Waals surface area contributed by atoms with Crippen LogP contribution in [0.3, 0.4) is 0 Å². The fourth-order valence-electron chi connectivity index (χ4n) is 5.10. The molecule has 0 spiro atoms. The number of allylic oxidation sites excluding steroid dienone is 3. The van der Waals surface area contributed by atoms with Crippen LogP contribution in [-0.2, 0) is 23.8 Å². The van der Waals surface area contributed by atoms with E-state index in [-0.39, 0.29) is 18.0 Å². The van der Waals surface area contributed by atoms with Gasteiger partial charge in [0.15, 0.2) is 0 Å². The maximum absolute atomic E-state index is 12.6. The van der Waals surface area contributed by atoms with Gasteiger partial charge in [0.25, 0.3) is 0 Å². The molecule has 0 saturated carbocycles. The predicted octanol–water partition coefficient (Wildman–Crippen LogP) is 7.50. The van der Waals surface area contributed by atoms with E-state index in [1.807, 2.05) is 26.0 Å². The van der Waals surface area contributed by atoms with Gasteiger partial charge in [-0.15, -0.1) is 0 Å². The molecule has 0 aromatic carbocycles. The molecule has 6 unspecified atom stereocenters. The first-order chi connectivity index (χ1) is 17.1. The summed E-state index contributed by atoms with van der Waals surface area (Å²) in [6, 6.07) is 0. The van der Waals surface area contributed by atoms with E-state index < -0.39 is 11.5 Å². The zero-order chi connectivity index (χ0) is 26.7. The number of cyclic esters (lactones) is 1. The number of carbonyl (C=O) groups excluding carboxylic acids is 2. The number of esters is 2. The quantitative estimate of drug-likeness (QED) is 0.134. The van der Waals surface area contributed by atoms with Crippen LogP contribution >= 0.6 is 0 Å². The van der Waals surface area contributed by atoms with Gasteiger partial charge in [0.05, 0.1) is 12.2 Å². The van der Waals surface area contributed by atoms with Crippen molar-refractivity contribution in [2.24, 2.45) is 17.3 Å². The van der Waals surface area contributed by atoms with Gasteiger partial charge in [-0.1, -0.05) is 78.7 Å². The molecule has 1 saturated heterocycles. The van der Waals surface area contributed by atoms with Crippen molar-refractivity contribution >= 4 is 11.9 Å². The minimum Gasteiger partial charge on any atom is -0.458 e. The molecule has 36 heavy (non-hydrogen) atoms. The van der Waals surface area contributed by atoms with Gasteiger partial charge in [-0.3, -0.25) is 9.59 Å². The summed E-state index contributed by atoms with van der Waals surface area (Å²) in [4.78, 5) is 24.5.